The van der Waals surface area contributed by atoms with Crippen molar-refractivity contribution in [1.82, 2.24) is 16.0 Å². The van der Waals surface area contributed by atoms with Crippen LogP contribution >= 0.6 is 0 Å². The quantitative estimate of drug-likeness (QED) is 0.604. The Bertz CT molecular complexity index is 552. The smallest absolute Gasteiger partial charge is 0.243 e. The van der Waals surface area contributed by atoms with Gasteiger partial charge < -0.3 is 16.0 Å². The molecule has 1 atom stereocenters. The lowest BCUT2D eigenvalue weighted by Crippen LogP contribution is -2.58. The van der Waals surface area contributed by atoms with Crippen LogP contribution in [0.2, 0.25) is 0 Å². The molecule has 0 aromatic rings. The van der Waals surface area contributed by atoms with Crippen LogP contribution in [0.3, 0.4) is 0 Å². The average Bonchev–Trinajstić information content (AvgIpc) is 2.60. The summed E-state index contributed by atoms with van der Waals surface area (Å²) in [5, 5.41) is 8.49. The Hall–Kier alpha value is -1.59. The van der Waals surface area contributed by atoms with Crippen LogP contribution in [-0.2, 0) is 14.4 Å². The second kappa shape index (κ2) is 8.19. The molecule has 4 fully saturated rings. The zero-order valence-corrected chi connectivity index (χ0v) is 17.0. The highest BCUT2D eigenvalue weighted by Gasteiger charge is 2.55. The molecule has 0 heterocycles. The van der Waals surface area contributed by atoms with Gasteiger partial charge in [-0.3, -0.25) is 14.4 Å². The molecule has 0 spiro atoms. The van der Waals surface area contributed by atoms with Gasteiger partial charge in [0.05, 0.1) is 6.54 Å². The van der Waals surface area contributed by atoms with E-state index in [-0.39, 0.29) is 35.6 Å². The lowest BCUT2D eigenvalue weighted by atomic mass is 9.49. The second-order valence-corrected chi connectivity index (χ2v) is 9.46. The van der Waals surface area contributed by atoms with E-state index >= 15 is 0 Å². The normalized spacial score (nSPS) is 32.2. The van der Waals surface area contributed by atoms with Crippen molar-refractivity contribution in [3.05, 3.63) is 0 Å². The summed E-state index contributed by atoms with van der Waals surface area (Å²) < 4.78 is 0. The van der Waals surface area contributed by atoms with Gasteiger partial charge in [-0.05, 0) is 68.6 Å². The van der Waals surface area contributed by atoms with Crippen LogP contribution in [0, 0.1) is 29.1 Å². The van der Waals surface area contributed by atoms with Crippen LogP contribution in [-0.4, -0.2) is 36.9 Å². The van der Waals surface area contributed by atoms with Crippen molar-refractivity contribution in [2.75, 3.05) is 13.1 Å². The van der Waals surface area contributed by atoms with Crippen molar-refractivity contribution in [3.63, 3.8) is 0 Å². The van der Waals surface area contributed by atoms with E-state index in [0.717, 1.165) is 25.7 Å². The Morgan fingerprint density at radius 2 is 1.52 bits per heavy atom. The molecule has 3 N–H and O–H groups in total. The minimum Gasteiger partial charge on any atom is -0.355 e. The number of amides is 3. The van der Waals surface area contributed by atoms with E-state index in [1.54, 1.807) is 0 Å². The SMILES string of the molecule is CCCNC(=O)CNC(=O)[C@@H](NC(=O)C12CC3CC(CC(C3)C1)C2)C(C)C. The molecule has 152 valence electrons. The first-order chi connectivity index (χ1) is 12.8. The maximum atomic E-state index is 13.2. The highest BCUT2D eigenvalue weighted by molar-refractivity contribution is 5.92. The first-order valence-electron chi connectivity index (χ1n) is 10.7. The number of carbonyl (C=O) groups excluding carboxylic acids is 3. The minimum absolute atomic E-state index is 0.0263. The van der Waals surface area contributed by atoms with Crippen molar-refractivity contribution in [1.29, 1.82) is 0 Å². The van der Waals surface area contributed by atoms with E-state index in [4.69, 9.17) is 0 Å². The van der Waals surface area contributed by atoms with E-state index in [0.29, 0.717) is 24.3 Å². The summed E-state index contributed by atoms with van der Waals surface area (Å²) in [6.07, 6.45) is 7.66. The summed E-state index contributed by atoms with van der Waals surface area (Å²) >= 11 is 0. The predicted octanol–water partition coefficient (Wildman–Crippen LogP) is 1.99. The fourth-order valence-electron chi connectivity index (χ4n) is 5.82. The number of hydrogen-bond donors (Lipinski definition) is 3. The van der Waals surface area contributed by atoms with Gasteiger partial charge in [-0.25, -0.2) is 0 Å². The molecule has 0 aliphatic heterocycles. The molecule has 27 heavy (non-hydrogen) atoms. The Kier molecular flexibility index (Phi) is 6.11. The number of carbonyl (C=O) groups is 3. The van der Waals surface area contributed by atoms with Crippen molar-refractivity contribution in [3.8, 4) is 0 Å². The van der Waals surface area contributed by atoms with Crippen LogP contribution in [0.5, 0.6) is 0 Å². The first kappa shape index (κ1) is 20.2. The predicted molar refractivity (Wildman–Crippen MR) is 104 cm³/mol. The Balaban J connectivity index is 1.58. The number of hydrogen-bond acceptors (Lipinski definition) is 3. The van der Waals surface area contributed by atoms with E-state index in [1.165, 1.54) is 19.3 Å². The Morgan fingerprint density at radius 1 is 0.963 bits per heavy atom. The van der Waals surface area contributed by atoms with Crippen molar-refractivity contribution < 1.29 is 14.4 Å². The maximum absolute atomic E-state index is 13.2. The van der Waals surface area contributed by atoms with Gasteiger partial charge in [0, 0.05) is 12.0 Å². The van der Waals surface area contributed by atoms with Crippen molar-refractivity contribution in [2.24, 2.45) is 29.1 Å². The summed E-state index contributed by atoms with van der Waals surface area (Å²) in [5.41, 5.74) is -0.263. The molecule has 0 radical (unpaired) electrons. The average molecular weight is 378 g/mol. The Morgan fingerprint density at radius 3 is 2.00 bits per heavy atom. The van der Waals surface area contributed by atoms with Gasteiger partial charge in [0.25, 0.3) is 0 Å². The summed E-state index contributed by atoms with van der Waals surface area (Å²) in [6.45, 7) is 6.40. The van der Waals surface area contributed by atoms with E-state index < -0.39 is 6.04 Å². The lowest BCUT2D eigenvalue weighted by Gasteiger charge is -2.55. The second-order valence-electron chi connectivity index (χ2n) is 9.46. The van der Waals surface area contributed by atoms with E-state index in [9.17, 15) is 14.4 Å². The number of rotatable bonds is 8. The monoisotopic (exact) mass is 377 g/mol. The molecule has 4 saturated carbocycles. The van der Waals surface area contributed by atoms with Gasteiger partial charge in [-0.15, -0.1) is 0 Å². The maximum Gasteiger partial charge on any atom is 0.243 e. The molecular weight excluding hydrogens is 342 g/mol. The van der Waals surface area contributed by atoms with Gasteiger partial charge in [0.2, 0.25) is 17.7 Å². The number of nitrogens with one attached hydrogen (secondary N) is 3. The van der Waals surface area contributed by atoms with Gasteiger partial charge >= 0.3 is 0 Å². The van der Waals surface area contributed by atoms with Crippen LogP contribution in [0.15, 0.2) is 0 Å². The molecule has 4 rings (SSSR count). The van der Waals surface area contributed by atoms with Crippen molar-refractivity contribution >= 4 is 17.7 Å². The minimum atomic E-state index is -0.593. The van der Waals surface area contributed by atoms with Gasteiger partial charge in [-0.2, -0.15) is 0 Å². The highest BCUT2D eigenvalue weighted by Crippen LogP contribution is 2.60. The van der Waals surface area contributed by atoms with Crippen LogP contribution < -0.4 is 16.0 Å². The standard InChI is InChI=1S/C21H35N3O3/c1-4-5-22-17(25)12-23-19(26)18(13(2)3)24-20(27)21-9-14-6-15(10-21)8-16(7-14)11-21/h13-16,18H,4-12H2,1-3H3,(H,22,25)(H,23,26)(H,24,27)/t14?,15?,16?,18-,21?/m0/s1. The lowest BCUT2D eigenvalue weighted by molar-refractivity contribution is -0.149. The highest BCUT2D eigenvalue weighted by atomic mass is 16.2. The van der Waals surface area contributed by atoms with Gasteiger partial charge in [0.15, 0.2) is 0 Å². The first-order valence-corrected chi connectivity index (χ1v) is 10.7. The molecule has 4 aliphatic carbocycles. The third kappa shape index (κ3) is 4.46. The molecule has 6 heteroatoms. The van der Waals surface area contributed by atoms with Gasteiger partial charge in [-0.1, -0.05) is 20.8 Å². The molecule has 0 aromatic heterocycles. The summed E-state index contributed by atoms with van der Waals surface area (Å²) in [5.74, 6) is 1.64. The van der Waals surface area contributed by atoms with E-state index in [1.807, 2.05) is 20.8 Å². The largest absolute Gasteiger partial charge is 0.355 e. The molecule has 6 nitrogen and oxygen atoms in total. The third-order valence-electron chi connectivity index (χ3n) is 6.75. The summed E-state index contributed by atoms with van der Waals surface area (Å²) in [6, 6.07) is -0.593. The topological polar surface area (TPSA) is 87.3 Å². The van der Waals surface area contributed by atoms with Crippen LogP contribution in [0.4, 0.5) is 0 Å². The summed E-state index contributed by atoms with van der Waals surface area (Å²) in [4.78, 5) is 37.6. The fourth-order valence-corrected chi connectivity index (χ4v) is 5.82. The third-order valence-corrected chi connectivity index (χ3v) is 6.75. The molecule has 0 unspecified atom stereocenters. The molecule has 4 bridgehead atoms. The molecule has 4 aliphatic rings. The van der Waals surface area contributed by atoms with Crippen molar-refractivity contribution in [2.45, 2.75) is 71.8 Å². The zero-order valence-electron chi connectivity index (χ0n) is 17.0. The van der Waals surface area contributed by atoms with Gasteiger partial charge in [0.1, 0.15) is 6.04 Å². The molecule has 0 aromatic carbocycles. The molecular formula is C21H35N3O3. The Labute approximate surface area is 162 Å². The van der Waals surface area contributed by atoms with Crippen LogP contribution in [0.25, 0.3) is 0 Å². The summed E-state index contributed by atoms with van der Waals surface area (Å²) in [7, 11) is 0. The van der Waals surface area contributed by atoms with Crippen LogP contribution in [0.1, 0.15) is 65.7 Å². The molecule has 3 amide bonds. The fraction of sp³-hybridized carbons (Fsp3) is 0.857. The van der Waals surface area contributed by atoms with E-state index in [2.05, 4.69) is 16.0 Å². The zero-order chi connectivity index (χ0) is 19.6. The molecule has 0 saturated heterocycles.